The smallest absolute Gasteiger partial charge is 0.407 e. The highest BCUT2D eigenvalue weighted by Crippen LogP contribution is 2.24. The molecule has 1 amide bonds. The number of aliphatic carboxylic acids is 1. The van der Waals surface area contributed by atoms with E-state index in [2.05, 4.69) is 10.6 Å². The van der Waals surface area contributed by atoms with Gasteiger partial charge in [-0.15, -0.1) is 0 Å². The summed E-state index contributed by atoms with van der Waals surface area (Å²) >= 11 is 0. The summed E-state index contributed by atoms with van der Waals surface area (Å²) in [4.78, 5) is 22.4. The lowest BCUT2D eigenvalue weighted by molar-refractivity contribution is -0.143. The van der Waals surface area contributed by atoms with Crippen LogP contribution in [0.15, 0.2) is 0 Å². The number of hydrogen-bond donors (Lipinski definition) is 3. The second-order valence-corrected chi connectivity index (χ2v) is 6.28. The first kappa shape index (κ1) is 16.8. The van der Waals surface area contributed by atoms with Crippen LogP contribution >= 0.6 is 0 Å². The van der Waals surface area contributed by atoms with Crippen LogP contribution < -0.4 is 10.6 Å². The Kier molecular flexibility index (Phi) is 6.26. The van der Waals surface area contributed by atoms with Gasteiger partial charge in [-0.25, -0.2) is 4.79 Å². The molecule has 3 N–H and O–H groups in total. The van der Waals surface area contributed by atoms with Gasteiger partial charge < -0.3 is 20.5 Å². The molecule has 0 bridgehead atoms. The van der Waals surface area contributed by atoms with Gasteiger partial charge >= 0.3 is 12.1 Å². The third kappa shape index (κ3) is 6.75. The van der Waals surface area contributed by atoms with Crippen LogP contribution in [0.5, 0.6) is 0 Å². The number of rotatable bonds is 5. The number of ether oxygens (including phenoxy) is 1. The Morgan fingerprint density at radius 3 is 2.55 bits per heavy atom. The van der Waals surface area contributed by atoms with E-state index >= 15 is 0 Å². The third-order valence-electron chi connectivity index (χ3n) is 3.25. The van der Waals surface area contributed by atoms with Gasteiger partial charge in [0, 0.05) is 19.1 Å². The second kappa shape index (κ2) is 7.47. The Morgan fingerprint density at radius 1 is 1.25 bits per heavy atom. The number of amides is 1. The van der Waals surface area contributed by atoms with Crippen molar-refractivity contribution in [3.63, 3.8) is 0 Å². The minimum Gasteiger partial charge on any atom is -0.481 e. The molecule has 0 saturated heterocycles. The number of nitrogens with one attached hydrogen (secondary N) is 2. The zero-order chi connectivity index (χ0) is 15.2. The predicted molar refractivity (Wildman–Crippen MR) is 75.6 cm³/mol. The summed E-state index contributed by atoms with van der Waals surface area (Å²) in [5, 5.41) is 15.0. The Bertz CT molecular complexity index is 339. The van der Waals surface area contributed by atoms with Gasteiger partial charge in [0.1, 0.15) is 5.60 Å². The maximum Gasteiger partial charge on any atom is 0.407 e. The van der Waals surface area contributed by atoms with E-state index in [0.717, 1.165) is 19.3 Å². The molecule has 0 aromatic heterocycles. The quantitative estimate of drug-likeness (QED) is 0.670. The van der Waals surface area contributed by atoms with Crippen molar-refractivity contribution >= 4 is 12.1 Å². The van der Waals surface area contributed by atoms with E-state index in [1.807, 2.05) is 20.8 Å². The van der Waals surface area contributed by atoms with Crippen LogP contribution in [-0.4, -0.2) is 41.9 Å². The summed E-state index contributed by atoms with van der Waals surface area (Å²) in [6.45, 7) is 6.55. The van der Waals surface area contributed by atoms with Crippen LogP contribution in [0.1, 0.15) is 46.5 Å². The standard InChI is InChI=1S/C14H26N2O4/c1-14(2,3)20-13(19)16-8-7-15-11-6-4-5-10(9-11)12(17)18/h10-11,15H,4-9H2,1-3H3,(H,16,19)(H,17,18). The molecule has 0 heterocycles. The van der Waals surface area contributed by atoms with Crippen molar-refractivity contribution in [1.29, 1.82) is 0 Å². The summed E-state index contributed by atoms with van der Waals surface area (Å²) < 4.78 is 5.12. The van der Waals surface area contributed by atoms with Crippen LogP contribution in [0.2, 0.25) is 0 Å². The lowest BCUT2D eigenvalue weighted by Gasteiger charge is -2.27. The van der Waals surface area contributed by atoms with Crippen molar-refractivity contribution in [3.05, 3.63) is 0 Å². The Balaban J connectivity index is 2.15. The molecule has 0 aromatic rings. The summed E-state index contributed by atoms with van der Waals surface area (Å²) in [6, 6.07) is 0.227. The monoisotopic (exact) mass is 286 g/mol. The summed E-state index contributed by atoms with van der Waals surface area (Å²) in [5.74, 6) is -0.941. The Hall–Kier alpha value is -1.30. The normalized spacial score (nSPS) is 23.1. The maximum atomic E-state index is 11.4. The fraction of sp³-hybridized carbons (Fsp3) is 0.857. The number of alkyl carbamates (subject to hydrolysis) is 1. The molecule has 0 spiro atoms. The van der Waals surface area contributed by atoms with Crippen molar-refractivity contribution in [1.82, 2.24) is 10.6 Å². The van der Waals surface area contributed by atoms with Gasteiger partial charge in [0.2, 0.25) is 0 Å². The number of hydrogen-bond acceptors (Lipinski definition) is 4. The van der Waals surface area contributed by atoms with E-state index < -0.39 is 17.7 Å². The molecule has 0 radical (unpaired) electrons. The number of carbonyl (C=O) groups is 2. The van der Waals surface area contributed by atoms with E-state index in [-0.39, 0.29) is 12.0 Å². The molecule has 1 aliphatic rings. The van der Waals surface area contributed by atoms with Gasteiger partial charge in [0.25, 0.3) is 0 Å². The molecule has 1 rings (SSSR count). The maximum absolute atomic E-state index is 11.4. The number of carbonyl (C=O) groups excluding carboxylic acids is 1. The van der Waals surface area contributed by atoms with Crippen molar-refractivity contribution < 1.29 is 19.4 Å². The van der Waals surface area contributed by atoms with Gasteiger partial charge in [-0.1, -0.05) is 6.42 Å². The van der Waals surface area contributed by atoms with Crippen LogP contribution in [0.4, 0.5) is 4.79 Å². The molecule has 6 nitrogen and oxygen atoms in total. The molecular formula is C14H26N2O4. The zero-order valence-electron chi connectivity index (χ0n) is 12.6. The van der Waals surface area contributed by atoms with E-state index in [4.69, 9.17) is 9.84 Å². The fourth-order valence-corrected chi connectivity index (χ4v) is 2.35. The fourth-order valence-electron chi connectivity index (χ4n) is 2.35. The van der Waals surface area contributed by atoms with Crippen molar-refractivity contribution in [2.75, 3.05) is 13.1 Å². The summed E-state index contributed by atoms with van der Waals surface area (Å²) in [6.07, 6.45) is 2.95. The van der Waals surface area contributed by atoms with Crippen molar-refractivity contribution in [2.24, 2.45) is 5.92 Å². The average Bonchev–Trinajstić information content (AvgIpc) is 2.33. The van der Waals surface area contributed by atoms with Gasteiger partial charge in [-0.2, -0.15) is 0 Å². The van der Waals surface area contributed by atoms with E-state index in [1.54, 1.807) is 0 Å². The molecule has 2 atom stereocenters. The first-order chi connectivity index (χ1) is 9.28. The summed E-state index contributed by atoms with van der Waals surface area (Å²) in [5.41, 5.74) is -0.490. The molecular weight excluding hydrogens is 260 g/mol. The molecule has 0 aliphatic heterocycles. The molecule has 2 unspecified atom stereocenters. The molecule has 0 aromatic carbocycles. The van der Waals surface area contributed by atoms with Crippen LogP contribution in [0.3, 0.4) is 0 Å². The molecule has 6 heteroatoms. The molecule has 116 valence electrons. The van der Waals surface area contributed by atoms with Gasteiger partial charge in [-0.05, 0) is 40.0 Å². The van der Waals surface area contributed by atoms with E-state index in [0.29, 0.717) is 19.5 Å². The highest BCUT2D eigenvalue weighted by molar-refractivity contribution is 5.70. The minimum atomic E-state index is -0.705. The van der Waals surface area contributed by atoms with Gasteiger partial charge in [0.15, 0.2) is 0 Å². The van der Waals surface area contributed by atoms with Crippen LogP contribution in [0.25, 0.3) is 0 Å². The Labute approximate surface area is 120 Å². The topological polar surface area (TPSA) is 87.7 Å². The SMILES string of the molecule is CC(C)(C)OC(=O)NCCNC1CCCC(C(=O)O)C1. The molecule has 1 aliphatic carbocycles. The lowest BCUT2D eigenvalue weighted by atomic mass is 9.86. The first-order valence-electron chi connectivity index (χ1n) is 7.21. The van der Waals surface area contributed by atoms with Crippen LogP contribution in [0, 0.1) is 5.92 Å². The minimum absolute atomic E-state index is 0.227. The highest BCUT2D eigenvalue weighted by atomic mass is 16.6. The van der Waals surface area contributed by atoms with Crippen molar-refractivity contribution in [2.45, 2.75) is 58.1 Å². The van der Waals surface area contributed by atoms with E-state index in [1.165, 1.54) is 0 Å². The van der Waals surface area contributed by atoms with Gasteiger partial charge in [0.05, 0.1) is 5.92 Å². The molecule has 1 fully saturated rings. The predicted octanol–water partition coefficient (Wildman–Crippen LogP) is 1.74. The molecule has 20 heavy (non-hydrogen) atoms. The lowest BCUT2D eigenvalue weighted by Crippen LogP contribution is -2.41. The summed E-state index contributed by atoms with van der Waals surface area (Å²) in [7, 11) is 0. The van der Waals surface area contributed by atoms with Crippen molar-refractivity contribution in [3.8, 4) is 0 Å². The number of carboxylic acid groups (broad SMARTS) is 1. The number of carboxylic acids is 1. The average molecular weight is 286 g/mol. The van der Waals surface area contributed by atoms with Crippen LogP contribution in [-0.2, 0) is 9.53 Å². The third-order valence-corrected chi connectivity index (χ3v) is 3.25. The zero-order valence-corrected chi connectivity index (χ0v) is 12.6. The second-order valence-electron chi connectivity index (χ2n) is 6.28. The Morgan fingerprint density at radius 2 is 1.95 bits per heavy atom. The van der Waals surface area contributed by atoms with Gasteiger partial charge in [-0.3, -0.25) is 4.79 Å². The first-order valence-corrected chi connectivity index (χ1v) is 7.21. The highest BCUT2D eigenvalue weighted by Gasteiger charge is 2.26. The molecule has 1 saturated carbocycles. The largest absolute Gasteiger partial charge is 0.481 e. The van der Waals surface area contributed by atoms with E-state index in [9.17, 15) is 9.59 Å².